The van der Waals surface area contributed by atoms with Crippen molar-refractivity contribution in [3.8, 4) is 28.8 Å². The van der Waals surface area contributed by atoms with Gasteiger partial charge in [0.15, 0.2) is 0 Å². The molecule has 10 heteroatoms. The first-order valence-corrected chi connectivity index (χ1v) is 16.4. The number of hydrogen-bond donors (Lipinski definition) is 3. The third-order valence-corrected chi connectivity index (χ3v) is 10.0. The summed E-state index contributed by atoms with van der Waals surface area (Å²) in [5, 5.41) is 12.7. The van der Waals surface area contributed by atoms with Crippen LogP contribution in [0.25, 0.3) is 22.7 Å². The Kier molecular flexibility index (Phi) is 8.65. The van der Waals surface area contributed by atoms with Crippen LogP contribution in [0.4, 0.5) is 10.1 Å². The van der Waals surface area contributed by atoms with E-state index in [4.69, 9.17) is 9.40 Å². The van der Waals surface area contributed by atoms with E-state index in [1.54, 1.807) is 12.1 Å². The average Bonchev–Trinajstić information content (AvgIpc) is 3.41. The molecule has 1 aliphatic heterocycles. The lowest BCUT2D eigenvalue weighted by Gasteiger charge is -2.41. The number of amides is 1. The molecule has 42 heavy (non-hydrogen) atoms. The normalized spacial score (nSPS) is 22.2. The van der Waals surface area contributed by atoms with Crippen molar-refractivity contribution >= 4 is 22.2 Å². The minimum Gasteiger partial charge on any atom is -0.440 e. The molecule has 1 amide bonds. The van der Waals surface area contributed by atoms with E-state index in [9.17, 15) is 23.6 Å². The molecule has 5 rings (SSSR count). The van der Waals surface area contributed by atoms with Gasteiger partial charge >= 0.3 is 0 Å². The van der Waals surface area contributed by atoms with Crippen molar-refractivity contribution in [3.63, 3.8) is 0 Å². The maximum absolute atomic E-state index is 13.7. The fourth-order valence-electron chi connectivity index (χ4n) is 5.77. The van der Waals surface area contributed by atoms with Gasteiger partial charge in [-0.25, -0.2) is 9.37 Å². The van der Waals surface area contributed by atoms with Gasteiger partial charge in [0.1, 0.15) is 23.3 Å². The summed E-state index contributed by atoms with van der Waals surface area (Å²) < 4.78 is 40.1. The van der Waals surface area contributed by atoms with Gasteiger partial charge in [-0.1, -0.05) is 45.7 Å². The maximum atomic E-state index is 13.7. The molecule has 3 aromatic rings. The SMILES string of the molecule is CC(C)(C)C(C#N)NC(=O)[C@@H]1CCCC[C@H]1c1oc(-c2ccc(F)cc2)nc1-c1ccc(N2CCS(O)(O)CC2)cc1. The molecular formula is C32H39FN4O4S. The van der Waals surface area contributed by atoms with E-state index in [1.807, 2.05) is 45.0 Å². The number of aromatic nitrogens is 1. The summed E-state index contributed by atoms with van der Waals surface area (Å²) in [7, 11) is -2.49. The van der Waals surface area contributed by atoms with Gasteiger partial charge < -0.3 is 14.6 Å². The van der Waals surface area contributed by atoms with Crippen LogP contribution in [0, 0.1) is 28.5 Å². The van der Waals surface area contributed by atoms with Gasteiger partial charge in [0.05, 0.1) is 17.6 Å². The first-order valence-electron chi connectivity index (χ1n) is 14.5. The highest BCUT2D eigenvalue weighted by atomic mass is 32.3. The molecule has 1 aromatic heterocycles. The van der Waals surface area contributed by atoms with Gasteiger partial charge in [-0.05, 0) is 54.7 Å². The summed E-state index contributed by atoms with van der Waals surface area (Å²) in [6.45, 7) is 6.94. The van der Waals surface area contributed by atoms with Gasteiger partial charge in [0, 0.05) is 41.7 Å². The number of nitriles is 1. The zero-order valence-corrected chi connectivity index (χ0v) is 25.2. The molecule has 2 aliphatic rings. The number of hydrogen-bond acceptors (Lipinski definition) is 7. The number of oxazole rings is 1. The minimum absolute atomic E-state index is 0.154. The summed E-state index contributed by atoms with van der Waals surface area (Å²) in [6, 6.07) is 15.5. The lowest BCUT2D eigenvalue weighted by atomic mass is 9.76. The third kappa shape index (κ3) is 6.64. The van der Waals surface area contributed by atoms with Crippen LogP contribution >= 0.6 is 10.6 Å². The monoisotopic (exact) mass is 594 g/mol. The number of nitrogens with one attached hydrogen (secondary N) is 1. The molecule has 2 fully saturated rings. The molecule has 1 unspecified atom stereocenters. The zero-order valence-electron chi connectivity index (χ0n) is 24.3. The number of halogens is 1. The second kappa shape index (κ2) is 12.1. The lowest BCUT2D eigenvalue weighted by Crippen LogP contribution is -2.46. The van der Waals surface area contributed by atoms with Crippen LogP contribution < -0.4 is 10.2 Å². The molecule has 2 heterocycles. The fraction of sp³-hybridized carbons (Fsp3) is 0.469. The van der Waals surface area contributed by atoms with Gasteiger partial charge in [0.25, 0.3) is 0 Å². The maximum Gasteiger partial charge on any atom is 0.226 e. The van der Waals surface area contributed by atoms with E-state index >= 15 is 0 Å². The molecule has 224 valence electrons. The molecule has 0 radical (unpaired) electrons. The number of rotatable bonds is 6. The third-order valence-electron chi connectivity index (χ3n) is 8.35. The predicted molar refractivity (Wildman–Crippen MR) is 164 cm³/mol. The van der Waals surface area contributed by atoms with Crippen molar-refractivity contribution in [2.75, 3.05) is 29.5 Å². The summed E-state index contributed by atoms with van der Waals surface area (Å²) >= 11 is 0. The Hall–Kier alpha value is -3.39. The largest absolute Gasteiger partial charge is 0.440 e. The quantitative estimate of drug-likeness (QED) is 0.280. The van der Waals surface area contributed by atoms with Crippen LogP contribution in [0.15, 0.2) is 52.9 Å². The van der Waals surface area contributed by atoms with Crippen LogP contribution in [0.5, 0.6) is 0 Å². The highest BCUT2D eigenvalue weighted by Gasteiger charge is 2.39. The Bertz CT molecular complexity index is 1430. The van der Waals surface area contributed by atoms with Gasteiger partial charge in [-0.3, -0.25) is 13.9 Å². The van der Waals surface area contributed by atoms with E-state index < -0.39 is 22.0 Å². The average molecular weight is 595 g/mol. The molecule has 2 aromatic carbocycles. The van der Waals surface area contributed by atoms with Gasteiger partial charge in [-0.15, -0.1) is 0 Å². The second-order valence-corrected chi connectivity index (χ2v) is 14.8. The van der Waals surface area contributed by atoms with Crippen LogP contribution in [-0.2, 0) is 4.79 Å². The van der Waals surface area contributed by atoms with E-state index in [0.29, 0.717) is 53.9 Å². The van der Waals surface area contributed by atoms with Crippen molar-refractivity contribution in [2.24, 2.45) is 11.3 Å². The van der Waals surface area contributed by atoms with Gasteiger partial charge in [0.2, 0.25) is 11.8 Å². The highest BCUT2D eigenvalue weighted by molar-refractivity contribution is 8.24. The van der Waals surface area contributed by atoms with E-state index in [-0.39, 0.29) is 23.6 Å². The molecular weight excluding hydrogens is 555 g/mol. The van der Waals surface area contributed by atoms with Crippen molar-refractivity contribution in [3.05, 3.63) is 60.1 Å². The first kappa shape index (κ1) is 30.1. The summed E-state index contributed by atoms with van der Waals surface area (Å²) in [5.74, 6) is 0.580. The smallest absolute Gasteiger partial charge is 0.226 e. The van der Waals surface area contributed by atoms with E-state index in [0.717, 1.165) is 30.5 Å². The zero-order chi connectivity index (χ0) is 30.1. The first-order chi connectivity index (χ1) is 19.9. The van der Waals surface area contributed by atoms with Crippen LogP contribution in [-0.4, -0.2) is 50.6 Å². The number of anilines is 1. The molecule has 1 saturated heterocycles. The molecule has 3 N–H and O–H groups in total. The Morgan fingerprint density at radius 3 is 2.31 bits per heavy atom. The van der Waals surface area contributed by atoms with Crippen LogP contribution in [0.1, 0.15) is 58.1 Å². The Labute approximate surface area is 248 Å². The molecule has 1 aliphatic carbocycles. The Morgan fingerprint density at radius 1 is 1.07 bits per heavy atom. The molecule has 0 spiro atoms. The standard InChI is InChI=1S/C32H39FN4O4S/c1-32(2,3)27(20-34)35-30(38)26-7-5-4-6-25(26)29-28(36-31(41-29)22-8-12-23(33)13-9-22)21-10-14-24(15-11-21)37-16-18-42(39,40)19-17-37/h8-15,25-27,39-40H,4-7,16-19H2,1-3H3,(H,35,38)/t25-,26-,27?/m1/s1. The fourth-order valence-corrected chi connectivity index (χ4v) is 7.00. The number of benzene rings is 2. The highest BCUT2D eigenvalue weighted by Crippen LogP contribution is 2.45. The Balaban J connectivity index is 1.49. The second-order valence-electron chi connectivity index (χ2n) is 12.4. The molecule has 3 atom stereocenters. The Morgan fingerprint density at radius 2 is 1.69 bits per heavy atom. The molecule has 1 saturated carbocycles. The van der Waals surface area contributed by atoms with Crippen molar-refractivity contribution < 1.29 is 22.7 Å². The summed E-state index contributed by atoms with van der Waals surface area (Å²) in [4.78, 5) is 20.6. The van der Waals surface area contributed by atoms with Crippen molar-refractivity contribution in [2.45, 2.75) is 58.4 Å². The number of carbonyl (C=O) groups excluding carboxylic acids is 1. The lowest BCUT2D eigenvalue weighted by molar-refractivity contribution is -0.127. The van der Waals surface area contributed by atoms with E-state index in [1.165, 1.54) is 12.1 Å². The van der Waals surface area contributed by atoms with Crippen molar-refractivity contribution in [1.29, 1.82) is 5.26 Å². The summed E-state index contributed by atoms with van der Waals surface area (Å²) in [6.07, 6.45) is 3.27. The van der Waals surface area contributed by atoms with E-state index in [2.05, 4.69) is 16.3 Å². The molecule has 0 bridgehead atoms. The van der Waals surface area contributed by atoms with Crippen LogP contribution in [0.2, 0.25) is 0 Å². The van der Waals surface area contributed by atoms with Crippen LogP contribution in [0.3, 0.4) is 0 Å². The van der Waals surface area contributed by atoms with Gasteiger partial charge in [-0.2, -0.15) is 15.9 Å². The summed E-state index contributed by atoms with van der Waals surface area (Å²) in [5.41, 5.74) is 2.70. The number of carbonyl (C=O) groups is 1. The van der Waals surface area contributed by atoms with Crippen molar-refractivity contribution in [1.82, 2.24) is 10.3 Å². The minimum atomic E-state index is -2.49. The topological polar surface area (TPSA) is 123 Å². The predicted octanol–water partition coefficient (Wildman–Crippen LogP) is 7.05. The number of nitrogens with zero attached hydrogens (tertiary/aromatic N) is 3. The molecule has 8 nitrogen and oxygen atoms in total.